The molecule has 1 saturated carbocycles. The number of aromatic nitrogens is 2. The molecule has 3 rings (SSSR count). The van der Waals surface area contributed by atoms with Gasteiger partial charge in [-0.05, 0) is 51.2 Å². The Kier molecular flexibility index (Phi) is 7.20. The van der Waals surface area contributed by atoms with Gasteiger partial charge in [0.15, 0.2) is 0 Å². The van der Waals surface area contributed by atoms with E-state index in [9.17, 15) is 9.59 Å². The van der Waals surface area contributed by atoms with Crippen molar-refractivity contribution in [1.82, 2.24) is 14.9 Å². The summed E-state index contributed by atoms with van der Waals surface area (Å²) in [6.07, 6.45) is 8.57. The van der Waals surface area contributed by atoms with Crippen LogP contribution in [0.1, 0.15) is 70.2 Å². The predicted octanol–water partition coefficient (Wildman–Crippen LogP) is 2.81. The molecule has 1 aliphatic carbocycles. The number of unbranched alkanes of at least 4 members (excludes halogenated alkanes) is 3. The van der Waals surface area contributed by atoms with E-state index in [4.69, 9.17) is 0 Å². The number of aromatic amines is 1. The number of hydrogen-bond donors (Lipinski definition) is 2. The van der Waals surface area contributed by atoms with Crippen molar-refractivity contribution in [2.75, 3.05) is 13.1 Å². The van der Waals surface area contributed by atoms with Crippen molar-refractivity contribution in [3.8, 4) is 0 Å². The van der Waals surface area contributed by atoms with Crippen LogP contribution in [0.4, 0.5) is 0 Å². The van der Waals surface area contributed by atoms with Crippen molar-refractivity contribution in [3.63, 3.8) is 0 Å². The molecule has 1 amide bonds. The first kappa shape index (κ1) is 20.5. The number of nitrogens with zero attached hydrogens (tertiary/aromatic N) is 2. The van der Waals surface area contributed by atoms with Gasteiger partial charge in [0.25, 0.3) is 5.56 Å². The summed E-state index contributed by atoms with van der Waals surface area (Å²) in [6.45, 7) is 3.66. The summed E-state index contributed by atoms with van der Waals surface area (Å²) in [5.41, 5.74) is 4.43. The summed E-state index contributed by atoms with van der Waals surface area (Å²) >= 11 is 0. The largest absolute Gasteiger partial charge is 0.358 e. The van der Waals surface area contributed by atoms with E-state index in [-0.39, 0.29) is 23.4 Å². The van der Waals surface area contributed by atoms with E-state index in [2.05, 4.69) is 15.7 Å². The number of H-pyrrole nitrogens is 1. The van der Waals surface area contributed by atoms with Crippen LogP contribution in [-0.4, -0.2) is 33.9 Å². The lowest BCUT2D eigenvalue weighted by Gasteiger charge is -2.31. The zero-order valence-electron chi connectivity index (χ0n) is 17.0. The molecule has 0 spiro atoms. The minimum atomic E-state index is -0.238. The first-order valence-corrected chi connectivity index (χ1v) is 10.7. The van der Waals surface area contributed by atoms with E-state index < -0.39 is 0 Å². The Labute approximate surface area is 166 Å². The van der Waals surface area contributed by atoms with Gasteiger partial charge < -0.3 is 15.6 Å². The molecule has 0 radical (unpaired) electrons. The monoisotopic (exact) mass is 385 g/mol. The van der Waals surface area contributed by atoms with Crippen molar-refractivity contribution in [2.45, 2.75) is 64.3 Å². The standard InChI is InChI=1S/C22H32N4O2/c1-16(20-24-19-13-7-6-12-18(19)21(27)25-20)26(15-9-3-2-8-14-23)22(28)17-10-4-5-11-17/h6-7,12-13,16-17H,2-5,8-11,14-15,23H2,1H3,(H,24,25,27)/p+1/t16-/m0/s1. The normalized spacial score (nSPS) is 15.8. The highest BCUT2D eigenvalue weighted by Crippen LogP contribution is 2.30. The zero-order valence-corrected chi connectivity index (χ0v) is 17.0. The van der Waals surface area contributed by atoms with Gasteiger partial charge in [-0.1, -0.05) is 31.4 Å². The Morgan fingerprint density at radius 2 is 1.93 bits per heavy atom. The second-order valence-electron chi connectivity index (χ2n) is 7.93. The smallest absolute Gasteiger partial charge is 0.258 e. The van der Waals surface area contributed by atoms with Crippen LogP contribution in [0.3, 0.4) is 0 Å². The molecule has 6 heteroatoms. The molecular weight excluding hydrogens is 352 g/mol. The lowest BCUT2D eigenvalue weighted by Crippen LogP contribution is -2.50. The number of nitrogens with one attached hydrogen (secondary N) is 1. The van der Waals surface area contributed by atoms with Gasteiger partial charge in [-0.15, -0.1) is 0 Å². The van der Waals surface area contributed by atoms with E-state index >= 15 is 0 Å². The Morgan fingerprint density at radius 1 is 1.21 bits per heavy atom. The molecule has 1 aromatic heterocycles. The maximum absolute atomic E-state index is 13.2. The topological polar surface area (TPSA) is 93.7 Å². The molecule has 6 nitrogen and oxygen atoms in total. The minimum absolute atomic E-state index is 0.120. The summed E-state index contributed by atoms with van der Waals surface area (Å²) in [5, 5.41) is 0.584. The number of fused-ring (bicyclic) bond motifs is 1. The third-order valence-corrected chi connectivity index (χ3v) is 5.88. The van der Waals surface area contributed by atoms with E-state index in [1.165, 1.54) is 0 Å². The molecule has 1 atom stereocenters. The molecule has 152 valence electrons. The molecule has 1 fully saturated rings. The molecule has 4 N–H and O–H groups in total. The summed E-state index contributed by atoms with van der Waals surface area (Å²) in [4.78, 5) is 35.2. The Morgan fingerprint density at radius 3 is 2.68 bits per heavy atom. The average molecular weight is 386 g/mol. The van der Waals surface area contributed by atoms with Crippen molar-refractivity contribution in [2.24, 2.45) is 5.92 Å². The van der Waals surface area contributed by atoms with Gasteiger partial charge >= 0.3 is 0 Å². The fourth-order valence-electron chi connectivity index (χ4n) is 4.16. The second kappa shape index (κ2) is 9.82. The SMILES string of the molecule is C[C@@H](c1nc2ccccc2c(=O)[nH]1)N(CCCCCC[NH3+])C(=O)C1CCCC1. The Hall–Kier alpha value is -2.21. The maximum Gasteiger partial charge on any atom is 0.258 e. The van der Waals surface area contributed by atoms with Crippen LogP contribution in [0.5, 0.6) is 0 Å². The van der Waals surface area contributed by atoms with Crippen LogP contribution in [0.25, 0.3) is 10.9 Å². The van der Waals surface area contributed by atoms with E-state index in [1.807, 2.05) is 30.0 Å². The Bertz CT molecular complexity index is 842. The number of carbonyl (C=O) groups is 1. The predicted molar refractivity (Wildman–Crippen MR) is 111 cm³/mol. The lowest BCUT2D eigenvalue weighted by molar-refractivity contribution is -0.368. The average Bonchev–Trinajstić information content (AvgIpc) is 3.25. The van der Waals surface area contributed by atoms with Gasteiger partial charge in [-0.2, -0.15) is 0 Å². The van der Waals surface area contributed by atoms with E-state index in [0.717, 1.165) is 57.9 Å². The summed E-state index contributed by atoms with van der Waals surface area (Å²) in [7, 11) is 0. The second-order valence-corrected chi connectivity index (χ2v) is 7.93. The zero-order chi connectivity index (χ0) is 19.9. The van der Waals surface area contributed by atoms with Crippen molar-refractivity contribution in [3.05, 3.63) is 40.4 Å². The molecule has 2 aromatic rings. The summed E-state index contributed by atoms with van der Waals surface area (Å²) in [5.74, 6) is 0.917. The molecule has 1 aliphatic rings. The first-order chi connectivity index (χ1) is 13.6. The van der Waals surface area contributed by atoms with Crippen LogP contribution in [0.15, 0.2) is 29.1 Å². The molecule has 1 aromatic carbocycles. The van der Waals surface area contributed by atoms with Crippen molar-refractivity contribution >= 4 is 16.8 Å². The van der Waals surface area contributed by atoms with Crippen molar-refractivity contribution in [1.29, 1.82) is 0 Å². The van der Waals surface area contributed by atoms with Gasteiger partial charge in [0.1, 0.15) is 5.82 Å². The number of rotatable bonds is 9. The fraction of sp³-hybridized carbons (Fsp3) is 0.591. The van der Waals surface area contributed by atoms with Crippen LogP contribution in [0.2, 0.25) is 0 Å². The number of amides is 1. The molecule has 0 aliphatic heterocycles. The number of carbonyl (C=O) groups excluding carboxylic acids is 1. The summed E-state index contributed by atoms with van der Waals surface area (Å²) < 4.78 is 0. The number of para-hydroxylation sites is 1. The van der Waals surface area contributed by atoms with Crippen molar-refractivity contribution < 1.29 is 10.5 Å². The fourth-order valence-corrected chi connectivity index (χ4v) is 4.16. The van der Waals surface area contributed by atoms with Crippen LogP contribution in [0, 0.1) is 5.92 Å². The maximum atomic E-state index is 13.2. The van der Waals surface area contributed by atoms with Crippen LogP contribution in [-0.2, 0) is 4.79 Å². The minimum Gasteiger partial charge on any atom is -0.358 e. The van der Waals surface area contributed by atoms with Gasteiger partial charge in [-0.25, -0.2) is 4.98 Å². The highest BCUT2D eigenvalue weighted by atomic mass is 16.2. The number of hydrogen-bond acceptors (Lipinski definition) is 3. The van der Waals surface area contributed by atoms with Gasteiger partial charge in [0, 0.05) is 12.5 Å². The Balaban J connectivity index is 1.81. The highest BCUT2D eigenvalue weighted by molar-refractivity contribution is 5.80. The highest BCUT2D eigenvalue weighted by Gasteiger charge is 2.31. The van der Waals surface area contributed by atoms with Gasteiger partial charge in [-0.3, -0.25) is 9.59 Å². The molecular formula is C22H33N4O2+. The third-order valence-electron chi connectivity index (χ3n) is 5.88. The molecule has 0 unspecified atom stereocenters. The van der Waals surface area contributed by atoms with Gasteiger partial charge in [0.2, 0.25) is 5.91 Å². The lowest BCUT2D eigenvalue weighted by atomic mass is 10.0. The molecule has 28 heavy (non-hydrogen) atoms. The number of benzene rings is 1. The first-order valence-electron chi connectivity index (χ1n) is 10.7. The molecule has 0 saturated heterocycles. The van der Waals surface area contributed by atoms with Gasteiger partial charge in [0.05, 0.1) is 23.5 Å². The van der Waals surface area contributed by atoms with Crippen LogP contribution >= 0.6 is 0 Å². The quantitative estimate of drug-likeness (QED) is 0.650. The number of quaternary nitrogens is 1. The molecule has 1 heterocycles. The third kappa shape index (κ3) is 4.79. The summed E-state index contributed by atoms with van der Waals surface area (Å²) in [6, 6.07) is 7.11. The van der Waals surface area contributed by atoms with E-state index in [1.54, 1.807) is 6.07 Å². The van der Waals surface area contributed by atoms with Crippen LogP contribution < -0.4 is 11.3 Å². The van der Waals surface area contributed by atoms with E-state index in [0.29, 0.717) is 23.3 Å². The molecule has 0 bridgehead atoms.